The smallest absolute Gasteiger partial charge is 0.115 e. The fourth-order valence-corrected chi connectivity index (χ4v) is 2.01. The highest BCUT2D eigenvalue weighted by Gasteiger charge is 2.05. The van der Waals surface area contributed by atoms with Crippen LogP contribution in [0.25, 0.3) is 10.9 Å². The number of hydrogen-bond donors (Lipinski definition) is 0. The van der Waals surface area contributed by atoms with E-state index < -0.39 is 0 Å². The standard InChI is InChI=1S/C8H3Br2ClN2/c9-6-3-13-8(10)5-1-4(11)2-12-7(5)6/h1-3H. The molecule has 0 aromatic carbocycles. The van der Waals surface area contributed by atoms with Crippen LogP contribution in [0.1, 0.15) is 0 Å². The second kappa shape index (κ2) is 3.52. The molecular formula is C8H3Br2ClN2. The van der Waals surface area contributed by atoms with Crippen LogP contribution < -0.4 is 0 Å². The van der Waals surface area contributed by atoms with Crippen LogP contribution in [0.4, 0.5) is 0 Å². The number of pyridine rings is 2. The molecule has 0 aliphatic carbocycles. The number of rotatable bonds is 0. The molecule has 2 aromatic rings. The second-order valence-corrected chi connectivity index (χ2v) is 4.49. The van der Waals surface area contributed by atoms with E-state index >= 15 is 0 Å². The summed E-state index contributed by atoms with van der Waals surface area (Å²) in [5.41, 5.74) is 0.853. The van der Waals surface area contributed by atoms with Crippen molar-refractivity contribution in [2.45, 2.75) is 0 Å². The maximum Gasteiger partial charge on any atom is 0.115 e. The lowest BCUT2D eigenvalue weighted by atomic mass is 10.3. The van der Waals surface area contributed by atoms with Gasteiger partial charge in [-0.2, -0.15) is 0 Å². The first-order valence-corrected chi connectivity index (χ1v) is 5.40. The SMILES string of the molecule is Clc1cnc2c(Br)cnc(Br)c2c1. The highest BCUT2D eigenvalue weighted by molar-refractivity contribution is 9.11. The molecular weight excluding hydrogens is 319 g/mol. The summed E-state index contributed by atoms with van der Waals surface area (Å²) in [5, 5.41) is 1.51. The zero-order chi connectivity index (χ0) is 9.42. The van der Waals surface area contributed by atoms with Gasteiger partial charge in [0.25, 0.3) is 0 Å². The Balaban J connectivity index is 2.92. The molecule has 0 bridgehead atoms. The van der Waals surface area contributed by atoms with Gasteiger partial charge in [-0.05, 0) is 37.9 Å². The molecule has 0 fully saturated rings. The molecule has 0 N–H and O–H groups in total. The Labute approximate surface area is 96.6 Å². The number of aromatic nitrogens is 2. The first-order chi connectivity index (χ1) is 6.18. The Morgan fingerprint density at radius 3 is 2.69 bits per heavy atom. The van der Waals surface area contributed by atoms with Crippen LogP contribution in [0.3, 0.4) is 0 Å². The predicted octanol–water partition coefficient (Wildman–Crippen LogP) is 3.81. The molecule has 2 aromatic heterocycles. The lowest BCUT2D eigenvalue weighted by molar-refractivity contribution is 1.27. The molecule has 2 nitrogen and oxygen atoms in total. The summed E-state index contributed by atoms with van der Waals surface area (Å²) < 4.78 is 1.61. The van der Waals surface area contributed by atoms with Gasteiger partial charge in [0, 0.05) is 17.8 Å². The third-order valence-corrected chi connectivity index (χ3v) is 3.01. The van der Waals surface area contributed by atoms with Gasteiger partial charge in [0.05, 0.1) is 15.0 Å². The molecule has 2 heterocycles. The van der Waals surface area contributed by atoms with Gasteiger partial charge in [0.1, 0.15) is 4.60 Å². The van der Waals surface area contributed by atoms with Gasteiger partial charge >= 0.3 is 0 Å². The second-order valence-electron chi connectivity index (χ2n) is 2.45. The van der Waals surface area contributed by atoms with Gasteiger partial charge in [-0.1, -0.05) is 11.6 Å². The predicted molar refractivity (Wildman–Crippen MR) is 59.9 cm³/mol. The molecule has 13 heavy (non-hydrogen) atoms. The van der Waals surface area contributed by atoms with Crippen LogP contribution in [0, 0.1) is 0 Å². The zero-order valence-electron chi connectivity index (χ0n) is 6.26. The van der Waals surface area contributed by atoms with Crippen molar-refractivity contribution >= 4 is 54.4 Å². The van der Waals surface area contributed by atoms with Crippen molar-refractivity contribution in [3.8, 4) is 0 Å². The maximum absolute atomic E-state index is 5.82. The number of nitrogens with zero attached hydrogens (tertiary/aromatic N) is 2. The van der Waals surface area contributed by atoms with E-state index in [1.807, 2.05) is 6.07 Å². The van der Waals surface area contributed by atoms with Crippen molar-refractivity contribution in [3.05, 3.63) is 32.6 Å². The molecule has 0 unspecified atom stereocenters. The van der Waals surface area contributed by atoms with E-state index in [1.54, 1.807) is 12.4 Å². The van der Waals surface area contributed by atoms with Crippen molar-refractivity contribution in [1.29, 1.82) is 0 Å². The third-order valence-electron chi connectivity index (χ3n) is 1.59. The molecule has 0 aliphatic rings. The molecule has 0 atom stereocenters. The van der Waals surface area contributed by atoms with Gasteiger partial charge in [0.15, 0.2) is 0 Å². The Bertz CT molecular complexity index is 473. The topological polar surface area (TPSA) is 25.8 Å². The van der Waals surface area contributed by atoms with Crippen molar-refractivity contribution in [2.24, 2.45) is 0 Å². The van der Waals surface area contributed by atoms with E-state index in [1.165, 1.54) is 0 Å². The van der Waals surface area contributed by atoms with Gasteiger partial charge in [-0.3, -0.25) is 4.98 Å². The molecule has 0 radical (unpaired) electrons. The number of fused-ring (bicyclic) bond motifs is 1. The molecule has 0 saturated carbocycles. The maximum atomic E-state index is 5.82. The van der Waals surface area contributed by atoms with E-state index in [0.717, 1.165) is 20.0 Å². The average Bonchev–Trinajstić information content (AvgIpc) is 2.12. The largest absolute Gasteiger partial charge is 0.253 e. The minimum Gasteiger partial charge on any atom is -0.253 e. The summed E-state index contributed by atoms with van der Waals surface area (Å²) >= 11 is 12.5. The molecule has 66 valence electrons. The monoisotopic (exact) mass is 320 g/mol. The Morgan fingerprint density at radius 2 is 1.92 bits per heavy atom. The van der Waals surface area contributed by atoms with E-state index in [4.69, 9.17) is 11.6 Å². The fourth-order valence-electron chi connectivity index (χ4n) is 1.03. The first-order valence-electron chi connectivity index (χ1n) is 3.44. The summed E-state index contributed by atoms with van der Waals surface area (Å²) in [5.74, 6) is 0. The highest BCUT2D eigenvalue weighted by Crippen LogP contribution is 2.28. The molecule has 0 spiro atoms. The Kier molecular flexibility index (Phi) is 2.53. The van der Waals surface area contributed by atoms with E-state index in [9.17, 15) is 0 Å². The normalized spacial score (nSPS) is 10.7. The molecule has 0 aliphatic heterocycles. The van der Waals surface area contributed by atoms with Crippen LogP contribution in [0.15, 0.2) is 27.5 Å². The summed E-state index contributed by atoms with van der Waals surface area (Å²) in [6.45, 7) is 0. The van der Waals surface area contributed by atoms with Gasteiger partial charge in [0.2, 0.25) is 0 Å². The zero-order valence-corrected chi connectivity index (χ0v) is 10.2. The van der Waals surface area contributed by atoms with Crippen LogP contribution in [-0.2, 0) is 0 Å². The van der Waals surface area contributed by atoms with Crippen LogP contribution in [0.2, 0.25) is 5.02 Å². The number of hydrogen-bond acceptors (Lipinski definition) is 2. The number of halogens is 3. The van der Waals surface area contributed by atoms with Gasteiger partial charge < -0.3 is 0 Å². The van der Waals surface area contributed by atoms with Gasteiger partial charge in [-0.15, -0.1) is 0 Å². The van der Waals surface area contributed by atoms with Crippen LogP contribution in [0.5, 0.6) is 0 Å². The average molecular weight is 322 g/mol. The highest BCUT2D eigenvalue weighted by atomic mass is 79.9. The Morgan fingerprint density at radius 1 is 1.15 bits per heavy atom. The minimum absolute atomic E-state index is 0.605. The lowest BCUT2D eigenvalue weighted by Crippen LogP contribution is -1.84. The van der Waals surface area contributed by atoms with Crippen molar-refractivity contribution in [1.82, 2.24) is 9.97 Å². The molecule has 0 saturated heterocycles. The lowest BCUT2D eigenvalue weighted by Gasteiger charge is -2.01. The quantitative estimate of drug-likeness (QED) is 0.689. The Hall–Kier alpha value is -0.190. The van der Waals surface area contributed by atoms with Crippen molar-refractivity contribution in [2.75, 3.05) is 0 Å². The summed E-state index contributed by atoms with van der Waals surface area (Å²) in [7, 11) is 0. The van der Waals surface area contributed by atoms with E-state index in [-0.39, 0.29) is 0 Å². The first kappa shape index (κ1) is 9.37. The van der Waals surface area contributed by atoms with Crippen LogP contribution >= 0.6 is 43.5 Å². The summed E-state index contributed by atoms with van der Waals surface area (Å²) in [6.07, 6.45) is 3.31. The fraction of sp³-hybridized carbons (Fsp3) is 0. The minimum atomic E-state index is 0.605. The van der Waals surface area contributed by atoms with Gasteiger partial charge in [-0.25, -0.2) is 4.98 Å². The molecule has 2 rings (SSSR count). The van der Waals surface area contributed by atoms with E-state index in [0.29, 0.717) is 5.02 Å². The molecule has 5 heteroatoms. The summed E-state index contributed by atoms with van der Waals surface area (Å²) in [6, 6.07) is 1.83. The van der Waals surface area contributed by atoms with Crippen molar-refractivity contribution in [3.63, 3.8) is 0 Å². The van der Waals surface area contributed by atoms with E-state index in [2.05, 4.69) is 41.8 Å². The summed E-state index contributed by atoms with van der Waals surface area (Å²) in [4.78, 5) is 8.31. The van der Waals surface area contributed by atoms with Crippen LogP contribution in [-0.4, -0.2) is 9.97 Å². The third kappa shape index (κ3) is 1.71. The van der Waals surface area contributed by atoms with Crippen molar-refractivity contribution < 1.29 is 0 Å². The molecule has 0 amide bonds.